The zero-order chi connectivity index (χ0) is 21.3. The van der Waals surface area contributed by atoms with Crippen molar-refractivity contribution in [2.24, 2.45) is 0 Å². The van der Waals surface area contributed by atoms with Crippen LogP contribution in [0.3, 0.4) is 0 Å². The van der Waals surface area contributed by atoms with E-state index in [1.165, 1.54) is 11.0 Å². The third-order valence-electron chi connectivity index (χ3n) is 4.65. The highest BCUT2D eigenvalue weighted by atomic mass is 35.5. The summed E-state index contributed by atoms with van der Waals surface area (Å²) in [5, 5.41) is 0.327. The minimum atomic E-state index is -0.743. The first-order valence-electron chi connectivity index (χ1n) is 9.54. The number of thiazole rings is 1. The van der Waals surface area contributed by atoms with Crippen LogP contribution in [0.2, 0.25) is 0 Å². The highest BCUT2D eigenvalue weighted by molar-refractivity contribution is 7.22. The number of carbonyl (C=O) groups excluding carboxylic acids is 1. The molecule has 0 N–H and O–H groups in total. The lowest BCUT2D eigenvalue weighted by atomic mass is 10.1. The predicted octanol–water partition coefficient (Wildman–Crippen LogP) is 4.37. The van der Waals surface area contributed by atoms with Gasteiger partial charge in [0.1, 0.15) is 24.5 Å². The van der Waals surface area contributed by atoms with Gasteiger partial charge in [-0.15, -0.1) is 12.4 Å². The molecule has 1 aliphatic rings. The molecule has 1 aliphatic heterocycles. The van der Waals surface area contributed by atoms with Crippen molar-refractivity contribution in [2.45, 2.75) is 6.42 Å². The molecule has 0 unspecified atom stereocenters. The molecule has 1 aromatic heterocycles. The molecular formula is C21H22ClF2N3O3S. The van der Waals surface area contributed by atoms with Gasteiger partial charge >= 0.3 is 0 Å². The van der Waals surface area contributed by atoms with Gasteiger partial charge in [-0.05, 0) is 51.3 Å². The molecular weight excluding hydrogens is 448 g/mol. The van der Waals surface area contributed by atoms with Crippen molar-refractivity contribution in [3.63, 3.8) is 0 Å². The SMILES string of the molecule is CN(C)CCCN(C(=O)c1ccc2c(c1)OCCO2)c1nc2c(F)cc(F)cc2s1.Cl. The molecule has 2 heterocycles. The van der Waals surface area contributed by atoms with Crippen molar-refractivity contribution >= 4 is 45.0 Å². The third-order valence-corrected chi connectivity index (χ3v) is 5.68. The molecule has 31 heavy (non-hydrogen) atoms. The molecule has 10 heteroatoms. The molecule has 2 aromatic carbocycles. The number of hydrogen-bond acceptors (Lipinski definition) is 6. The fourth-order valence-electron chi connectivity index (χ4n) is 3.22. The molecule has 6 nitrogen and oxygen atoms in total. The monoisotopic (exact) mass is 469 g/mol. The highest BCUT2D eigenvalue weighted by Crippen LogP contribution is 2.34. The Morgan fingerprint density at radius 3 is 2.58 bits per heavy atom. The molecule has 0 saturated carbocycles. The summed E-state index contributed by atoms with van der Waals surface area (Å²) in [6.07, 6.45) is 0.691. The van der Waals surface area contributed by atoms with Crippen LogP contribution in [0.15, 0.2) is 30.3 Å². The van der Waals surface area contributed by atoms with E-state index in [1.54, 1.807) is 18.2 Å². The molecule has 1 amide bonds. The average molecular weight is 470 g/mol. The third kappa shape index (κ3) is 5.06. The molecule has 0 bridgehead atoms. The Kier molecular flexibility index (Phi) is 7.30. The predicted molar refractivity (Wildman–Crippen MR) is 119 cm³/mol. The van der Waals surface area contributed by atoms with Gasteiger partial charge in [-0.1, -0.05) is 11.3 Å². The first-order valence-corrected chi connectivity index (χ1v) is 10.4. The Labute approximate surface area is 188 Å². The summed E-state index contributed by atoms with van der Waals surface area (Å²) < 4.78 is 39.2. The van der Waals surface area contributed by atoms with Crippen LogP contribution in [0.25, 0.3) is 10.2 Å². The molecule has 166 valence electrons. The number of anilines is 1. The van der Waals surface area contributed by atoms with Gasteiger partial charge in [0.15, 0.2) is 22.4 Å². The van der Waals surface area contributed by atoms with Crippen LogP contribution in [-0.2, 0) is 0 Å². The van der Waals surface area contributed by atoms with Gasteiger partial charge in [-0.2, -0.15) is 0 Å². The van der Waals surface area contributed by atoms with Crippen molar-refractivity contribution < 1.29 is 23.0 Å². The van der Waals surface area contributed by atoms with E-state index in [9.17, 15) is 13.6 Å². The lowest BCUT2D eigenvalue weighted by Gasteiger charge is -2.23. The first kappa shape index (κ1) is 23.2. The number of rotatable bonds is 6. The van der Waals surface area contributed by atoms with Crippen LogP contribution >= 0.6 is 23.7 Å². The second kappa shape index (κ2) is 9.76. The summed E-state index contributed by atoms with van der Waals surface area (Å²) in [6.45, 7) is 2.03. The molecule has 0 radical (unpaired) electrons. The topological polar surface area (TPSA) is 54.9 Å². The summed E-state index contributed by atoms with van der Waals surface area (Å²) in [5.41, 5.74) is 0.471. The molecule has 0 spiro atoms. The zero-order valence-corrected chi connectivity index (χ0v) is 18.7. The number of hydrogen-bond donors (Lipinski definition) is 0. The lowest BCUT2D eigenvalue weighted by molar-refractivity contribution is 0.0984. The maximum Gasteiger partial charge on any atom is 0.260 e. The largest absolute Gasteiger partial charge is 0.486 e. The van der Waals surface area contributed by atoms with E-state index in [0.29, 0.717) is 53.1 Å². The number of fused-ring (bicyclic) bond motifs is 2. The van der Waals surface area contributed by atoms with Gasteiger partial charge in [0.05, 0.1) is 4.70 Å². The van der Waals surface area contributed by atoms with Crippen molar-refractivity contribution in [1.82, 2.24) is 9.88 Å². The van der Waals surface area contributed by atoms with Crippen LogP contribution in [-0.4, -0.2) is 56.2 Å². The van der Waals surface area contributed by atoms with Crippen LogP contribution in [0.1, 0.15) is 16.8 Å². The smallest absolute Gasteiger partial charge is 0.260 e. The van der Waals surface area contributed by atoms with Crippen LogP contribution in [0, 0.1) is 11.6 Å². The quantitative estimate of drug-likeness (QED) is 0.536. The molecule has 0 atom stereocenters. The second-order valence-electron chi connectivity index (χ2n) is 7.20. The van der Waals surface area contributed by atoms with E-state index in [-0.39, 0.29) is 23.8 Å². The van der Waals surface area contributed by atoms with E-state index >= 15 is 0 Å². The van der Waals surface area contributed by atoms with E-state index in [1.807, 2.05) is 19.0 Å². The summed E-state index contributed by atoms with van der Waals surface area (Å²) in [7, 11) is 3.89. The number of aromatic nitrogens is 1. The number of carbonyl (C=O) groups is 1. The zero-order valence-electron chi connectivity index (χ0n) is 17.1. The summed E-state index contributed by atoms with van der Waals surface area (Å²) in [6, 6.07) is 7.04. The maximum atomic E-state index is 14.2. The Bertz CT molecular complexity index is 1090. The minimum Gasteiger partial charge on any atom is -0.486 e. The second-order valence-corrected chi connectivity index (χ2v) is 8.21. The summed E-state index contributed by atoms with van der Waals surface area (Å²) >= 11 is 1.09. The fourth-order valence-corrected chi connectivity index (χ4v) is 4.25. The van der Waals surface area contributed by atoms with Gasteiger partial charge in [0, 0.05) is 18.2 Å². The van der Waals surface area contributed by atoms with Gasteiger partial charge < -0.3 is 14.4 Å². The average Bonchev–Trinajstić information content (AvgIpc) is 3.14. The minimum absolute atomic E-state index is 0. The van der Waals surface area contributed by atoms with Crippen molar-refractivity contribution in [1.29, 1.82) is 0 Å². The fraction of sp³-hybridized carbons (Fsp3) is 0.333. The summed E-state index contributed by atoms with van der Waals surface area (Å²) in [4.78, 5) is 21.2. The van der Waals surface area contributed by atoms with Crippen LogP contribution in [0.4, 0.5) is 13.9 Å². The Morgan fingerprint density at radius 2 is 1.84 bits per heavy atom. The number of nitrogens with zero attached hydrogens (tertiary/aromatic N) is 3. The maximum absolute atomic E-state index is 14.2. The van der Waals surface area contributed by atoms with E-state index in [2.05, 4.69) is 4.98 Å². The van der Waals surface area contributed by atoms with E-state index in [4.69, 9.17) is 9.47 Å². The molecule has 3 aromatic rings. The Balaban J connectivity index is 0.00000272. The van der Waals surface area contributed by atoms with E-state index < -0.39 is 11.6 Å². The normalized spacial score (nSPS) is 12.7. The molecule has 0 saturated heterocycles. The highest BCUT2D eigenvalue weighted by Gasteiger charge is 2.24. The number of ether oxygens (including phenoxy) is 2. The van der Waals surface area contributed by atoms with Gasteiger partial charge in [0.2, 0.25) is 0 Å². The van der Waals surface area contributed by atoms with Gasteiger partial charge in [-0.25, -0.2) is 13.8 Å². The first-order chi connectivity index (χ1) is 14.4. The number of halogens is 3. The molecule has 4 rings (SSSR count). The van der Waals surface area contributed by atoms with Crippen LogP contribution < -0.4 is 14.4 Å². The Hall–Kier alpha value is -2.49. The number of benzene rings is 2. The van der Waals surface area contributed by atoms with Gasteiger partial charge in [-0.3, -0.25) is 9.69 Å². The van der Waals surface area contributed by atoms with Crippen molar-refractivity contribution in [3.8, 4) is 11.5 Å². The molecule has 0 aliphatic carbocycles. The lowest BCUT2D eigenvalue weighted by Crippen LogP contribution is -2.33. The number of amides is 1. The standard InChI is InChI=1S/C21H21F2N3O3S.ClH/c1-25(2)6-3-7-26(21-24-19-15(23)11-14(22)12-18(19)30-21)20(27)13-4-5-16-17(10-13)29-9-8-28-16;/h4-5,10-12H,3,6-9H2,1-2H3;1H. The molecule has 0 fully saturated rings. The summed E-state index contributed by atoms with van der Waals surface area (Å²) in [5.74, 6) is -0.599. The van der Waals surface area contributed by atoms with Crippen molar-refractivity contribution in [2.75, 3.05) is 45.3 Å². The van der Waals surface area contributed by atoms with Crippen LogP contribution in [0.5, 0.6) is 11.5 Å². The van der Waals surface area contributed by atoms with Gasteiger partial charge in [0.25, 0.3) is 5.91 Å². The van der Waals surface area contributed by atoms with E-state index in [0.717, 1.165) is 23.9 Å². The Morgan fingerprint density at radius 1 is 1.10 bits per heavy atom. The van der Waals surface area contributed by atoms with Crippen molar-refractivity contribution in [3.05, 3.63) is 47.5 Å².